The summed E-state index contributed by atoms with van der Waals surface area (Å²) in [7, 11) is -1.11. The van der Waals surface area contributed by atoms with Gasteiger partial charge in [-0.25, -0.2) is 0 Å². The van der Waals surface area contributed by atoms with Crippen molar-refractivity contribution in [2.75, 3.05) is 6.26 Å². The maximum Gasteiger partial charge on any atom is 0.00527 e. The molecule has 0 spiro atoms. The minimum Gasteiger partial charge on any atom is -0.175 e. The van der Waals surface area contributed by atoms with Gasteiger partial charge in [0.15, 0.2) is 0 Å². The van der Waals surface area contributed by atoms with E-state index >= 15 is 0 Å². The van der Waals surface area contributed by atoms with E-state index in [4.69, 9.17) is 0 Å². The van der Waals surface area contributed by atoms with Gasteiger partial charge in [0, 0.05) is 6.26 Å². The van der Waals surface area contributed by atoms with Gasteiger partial charge in [0.05, 0.1) is 0 Å². The minimum absolute atomic E-state index is 1.11. The van der Waals surface area contributed by atoms with Crippen molar-refractivity contribution < 1.29 is 3.89 Å². The molecule has 0 aromatic carbocycles. The van der Waals surface area contributed by atoms with Gasteiger partial charge in [-0.2, -0.15) is 3.89 Å². The van der Waals surface area contributed by atoms with Crippen LogP contribution in [0.5, 0.6) is 0 Å². The summed E-state index contributed by atoms with van der Waals surface area (Å²) in [6, 6.07) is 0. The summed E-state index contributed by atoms with van der Waals surface area (Å²) < 4.78 is 10.9. The third-order valence-corrected chi connectivity index (χ3v) is 0. The monoisotopic (exact) mass is 80.0 g/mol. The molecular weight excluding hydrogens is 75.1 g/mol. The summed E-state index contributed by atoms with van der Waals surface area (Å²) >= 11 is 0. The van der Waals surface area contributed by atoms with Gasteiger partial charge in [-0.1, -0.05) is 0 Å². The minimum atomic E-state index is -1.11. The van der Waals surface area contributed by atoms with Gasteiger partial charge in [0.1, 0.15) is 0 Å². The van der Waals surface area contributed by atoms with E-state index < -0.39 is 10.9 Å². The van der Waals surface area contributed by atoms with E-state index in [2.05, 4.69) is 5.87 Å². The maximum atomic E-state index is 10.9. The van der Waals surface area contributed by atoms with Gasteiger partial charge in [0.25, 0.3) is 0 Å². The molecule has 0 aliphatic heterocycles. The van der Waals surface area contributed by atoms with Crippen molar-refractivity contribution >= 4 is 16.7 Å². The lowest BCUT2D eigenvalue weighted by atomic mass is 11.9. The van der Waals surface area contributed by atoms with Crippen molar-refractivity contribution in [3.63, 3.8) is 0 Å². The van der Waals surface area contributed by atoms with Gasteiger partial charge < -0.3 is 0 Å². The van der Waals surface area contributed by atoms with Crippen LogP contribution in [-0.2, 0) is 0 Å². The Kier molecular flexibility index (Phi) is 1.52. The molecule has 0 radical (unpaired) electrons. The van der Waals surface area contributed by atoms with Crippen molar-refractivity contribution in [3.8, 4) is 0 Å². The summed E-state index contributed by atoms with van der Waals surface area (Å²) in [5.74, 6) is 3.00. The van der Waals surface area contributed by atoms with Gasteiger partial charge in [-0.05, 0) is 16.7 Å². The highest BCUT2D eigenvalue weighted by atomic mass is 32.2. The lowest BCUT2D eigenvalue weighted by molar-refractivity contribution is 0.941. The van der Waals surface area contributed by atoms with Crippen molar-refractivity contribution in [3.05, 3.63) is 0 Å². The Morgan fingerprint density at radius 2 is 2.00 bits per heavy atom. The highest BCUT2D eigenvalue weighted by molar-refractivity contribution is 8.08. The topological polar surface area (TPSA) is 0 Å². The zero-order chi connectivity index (χ0) is 3.58. The Balaban J connectivity index is 2.80. The fraction of sp³-hybridized carbons (Fsp3) is 0.500. The predicted molar refractivity (Wildman–Crippen MR) is 21.7 cm³/mol. The van der Waals surface area contributed by atoms with E-state index in [1.807, 2.05) is 0 Å². The van der Waals surface area contributed by atoms with Gasteiger partial charge in [-0.3, -0.25) is 0 Å². The van der Waals surface area contributed by atoms with Crippen molar-refractivity contribution in [1.29, 1.82) is 0 Å². The molecule has 0 fully saturated rings. The molecule has 2 heteroatoms. The summed E-state index contributed by atoms with van der Waals surface area (Å²) in [4.78, 5) is 0. The molecule has 0 bridgehead atoms. The zero-order valence-electron chi connectivity index (χ0n) is 2.49. The molecule has 0 heterocycles. The first-order valence-corrected chi connectivity index (χ1v) is 2.55. The van der Waals surface area contributed by atoms with Crippen molar-refractivity contribution in [2.45, 2.75) is 0 Å². The van der Waals surface area contributed by atoms with Crippen LogP contribution in [0.15, 0.2) is 0 Å². The second kappa shape index (κ2) is 1.47. The lowest BCUT2D eigenvalue weighted by Crippen LogP contribution is -1.31. The van der Waals surface area contributed by atoms with Crippen LogP contribution in [-0.4, -0.2) is 12.1 Å². The molecule has 0 nitrogen and oxygen atoms in total. The van der Waals surface area contributed by atoms with E-state index in [1.165, 1.54) is 6.26 Å². The molecule has 4 heavy (non-hydrogen) atoms. The molecule has 0 N–H and O–H groups in total. The van der Waals surface area contributed by atoms with Crippen LogP contribution >= 0.6 is 10.9 Å². The molecule has 0 aliphatic carbocycles. The Labute approximate surface area is 27.9 Å². The molecular formula is C2H5FS. The summed E-state index contributed by atoms with van der Waals surface area (Å²) in [5.41, 5.74) is 0. The molecule has 1 atom stereocenters. The van der Waals surface area contributed by atoms with Gasteiger partial charge in [-0.15, -0.1) is 0 Å². The van der Waals surface area contributed by atoms with E-state index in [9.17, 15) is 3.89 Å². The van der Waals surface area contributed by atoms with Gasteiger partial charge in [0.2, 0.25) is 0 Å². The molecule has 0 aromatic heterocycles. The third-order valence-electron chi connectivity index (χ3n) is 0. The molecule has 0 aliphatic rings. The van der Waals surface area contributed by atoms with Crippen LogP contribution in [0.2, 0.25) is 0 Å². The van der Waals surface area contributed by atoms with E-state index in [0.717, 1.165) is 0 Å². The number of hydrogen-bond donors (Lipinski definition) is 0. The molecule has 26 valence electrons. The predicted octanol–water partition coefficient (Wildman–Crippen LogP) is 1.20. The fourth-order valence-corrected chi connectivity index (χ4v) is 0. The Morgan fingerprint density at radius 3 is 2.00 bits per heavy atom. The fourth-order valence-electron chi connectivity index (χ4n) is 0. The van der Waals surface area contributed by atoms with Crippen LogP contribution in [0.1, 0.15) is 0 Å². The van der Waals surface area contributed by atoms with Crippen LogP contribution in [0.25, 0.3) is 0 Å². The SMILES string of the molecule is C=S(C)F. The second-order valence-corrected chi connectivity index (χ2v) is 1.66. The molecule has 0 saturated heterocycles. The Bertz CT molecular complexity index is 29.0. The average molecular weight is 80.1 g/mol. The van der Waals surface area contributed by atoms with Crippen LogP contribution in [0, 0.1) is 0 Å². The summed E-state index contributed by atoms with van der Waals surface area (Å²) in [5, 5.41) is 0. The normalized spacial score (nSPS) is 15.5. The molecule has 0 aromatic rings. The number of hydrogen-bond acceptors (Lipinski definition) is 0. The third kappa shape index (κ3) is 126. The molecule has 0 amide bonds. The van der Waals surface area contributed by atoms with Crippen LogP contribution in [0.4, 0.5) is 3.89 Å². The first-order chi connectivity index (χ1) is 1.73. The first-order valence-electron chi connectivity index (χ1n) is 0.851. The molecule has 1 unspecified atom stereocenters. The van der Waals surface area contributed by atoms with E-state index in [-0.39, 0.29) is 0 Å². The zero-order valence-corrected chi connectivity index (χ0v) is 3.31. The quantitative estimate of drug-likeness (QED) is 0.383. The summed E-state index contributed by atoms with van der Waals surface area (Å²) in [6.07, 6.45) is 1.42. The molecule has 0 saturated carbocycles. The number of rotatable bonds is 0. The van der Waals surface area contributed by atoms with Crippen molar-refractivity contribution in [1.82, 2.24) is 0 Å². The van der Waals surface area contributed by atoms with E-state index in [1.54, 1.807) is 0 Å². The van der Waals surface area contributed by atoms with Crippen LogP contribution in [0.3, 0.4) is 0 Å². The van der Waals surface area contributed by atoms with Crippen LogP contribution < -0.4 is 0 Å². The summed E-state index contributed by atoms with van der Waals surface area (Å²) in [6.45, 7) is 0. The van der Waals surface area contributed by atoms with Crippen molar-refractivity contribution in [2.24, 2.45) is 0 Å². The number of halogens is 1. The van der Waals surface area contributed by atoms with E-state index in [0.29, 0.717) is 0 Å². The van der Waals surface area contributed by atoms with Gasteiger partial charge >= 0.3 is 0 Å². The average Bonchev–Trinajstić information content (AvgIpc) is 0.811. The Morgan fingerprint density at radius 1 is 2.00 bits per heavy atom. The second-order valence-electron chi connectivity index (χ2n) is 0.552. The largest absolute Gasteiger partial charge is 0.175 e. The first kappa shape index (κ1) is 4.15. The maximum absolute atomic E-state index is 10.9. The smallest absolute Gasteiger partial charge is 0.00527 e. The highest BCUT2D eigenvalue weighted by Crippen LogP contribution is 1.97. The highest BCUT2D eigenvalue weighted by Gasteiger charge is 1.54. The lowest BCUT2D eigenvalue weighted by Gasteiger charge is -1.63. The Hall–Kier alpha value is 0.150. The molecule has 0 rings (SSSR count). The standard InChI is InChI=1S/C2H5FS/c1-4(2)3/h1H2,2H3.